The van der Waals surface area contributed by atoms with Gasteiger partial charge < -0.3 is 5.32 Å². The minimum absolute atomic E-state index is 0.233. The molecule has 0 spiro atoms. The zero-order valence-corrected chi connectivity index (χ0v) is 12.1. The van der Waals surface area contributed by atoms with Crippen LogP contribution in [0.5, 0.6) is 0 Å². The summed E-state index contributed by atoms with van der Waals surface area (Å²) in [6.45, 7) is 0.789. The van der Waals surface area contributed by atoms with Crippen LogP contribution in [0.25, 0.3) is 0 Å². The number of amides is 1. The highest BCUT2D eigenvalue weighted by Crippen LogP contribution is 2.29. The molecule has 2 aliphatic rings. The van der Waals surface area contributed by atoms with Gasteiger partial charge in [0.25, 0.3) is 0 Å². The van der Waals surface area contributed by atoms with Gasteiger partial charge in [0.15, 0.2) is 0 Å². The van der Waals surface area contributed by atoms with Crippen LogP contribution in [0.2, 0.25) is 0 Å². The van der Waals surface area contributed by atoms with Gasteiger partial charge >= 0.3 is 0 Å². The van der Waals surface area contributed by atoms with Crippen LogP contribution >= 0.6 is 11.6 Å². The van der Waals surface area contributed by atoms with E-state index in [0.717, 1.165) is 25.3 Å². The van der Waals surface area contributed by atoms with Gasteiger partial charge in [0.1, 0.15) is 0 Å². The van der Waals surface area contributed by atoms with Crippen LogP contribution in [0, 0.1) is 11.8 Å². The van der Waals surface area contributed by atoms with Gasteiger partial charge in [0, 0.05) is 18.3 Å². The lowest BCUT2D eigenvalue weighted by molar-refractivity contribution is -0.121. The highest BCUT2D eigenvalue weighted by atomic mass is 35.5. The molecule has 2 saturated carbocycles. The first kappa shape index (κ1) is 14.2. The van der Waals surface area contributed by atoms with Crippen LogP contribution in [0.15, 0.2) is 0 Å². The highest BCUT2D eigenvalue weighted by molar-refractivity contribution is 6.20. The second kappa shape index (κ2) is 7.37. The standard InChI is InChI=1S/C15H26ClNO/c16-14-8-4-3-7-13(14)11-17-15(18)10-9-12-5-1-2-6-12/h12-14H,1-11H2,(H,17,18). The minimum Gasteiger partial charge on any atom is -0.356 e. The normalized spacial score (nSPS) is 29.4. The number of nitrogens with one attached hydrogen (secondary N) is 1. The number of hydrogen-bond donors (Lipinski definition) is 1. The van der Waals surface area contributed by atoms with E-state index < -0.39 is 0 Å². The number of rotatable bonds is 5. The van der Waals surface area contributed by atoms with Crippen LogP contribution in [0.4, 0.5) is 0 Å². The van der Waals surface area contributed by atoms with Crippen molar-refractivity contribution in [1.82, 2.24) is 5.32 Å². The van der Waals surface area contributed by atoms with Crippen LogP contribution in [0.3, 0.4) is 0 Å². The lowest BCUT2D eigenvalue weighted by atomic mass is 9.88. The predicted molar refractivity (Wildman–Crippen MR) is 75.8 cm³/mol. The Kier molecular flexibility index (Phi) is 5.81. The fourth-order valence-corrected chi connectivity index (χ4v) is 3.73. The molecule has 0 aromatic carbocycles. The summed E-state index contributed by atoms with van der Waals surface area (Å²) in [5.74, 6) is 1.54. The Morgan fingerprint density at radius 2 is 1.72 bits per heavy atom. The number of hydrogen-bond acceptors (Lipinski definition) is 1. The molecule has 2 rings (SSSR count). The van der Waals surface area contributed by atoms with Crippen LogP contribution in [-0.4, -0.2) is 17.8 Å². The molecule has 0 aromatic rings. The molecule has 0 radical (unpaired) electrons. The summed E-state index contributed by atoms with van der Waals surface area (Å²) in [5, 5.41) is 3.36. The molecular weight excluding hydrogens is 246 g/mol. The zero-order valence-electron chi connectivity index (χ0n) is 11.3. The van der Waals surface area contributed by atoms with Gasteiger partial charge in [-0.1, -0.05) is 38.5 Å². The first-order valence-corrected chi connectivity index (χ1v) is 8.10. The summed E-state index contributed by atoms with van der Waals surface area (Å²) in [7, 11) is 0. The third kappa shape index (κ3) is 4.46. The maximum Gasteiger partial charge on any atom is 0.220 e. The van der Waals surface area contributed by atoms with Crippen molar-refractivity contribution in [1.29, 1.82) is 0 Å². The van der Waals surface area contributed by atoms with E-state index in [1.54, 1.807) is 0 Å². The van der Waals surface area contributed by atoms with E-state index in [1.165, 1.54) is 44.9 Å². The van der Waals surface area contributed by atoms with Crippen molar-refractivity contribution >= 4 is 17.5 Å². The van der Waals surface area contributed by atoms with Crippen LogP contribution in [-0.2, 0) is 4.79 Å². The van der Waals surface area contributed by atoms with Crippen molar-refractivity contribution in [3.8, 4) is 0 Å². The van der Waals surface area contributed by atoms with Gasteiger partial charge in [-0.2, -0.15) is 0 Å². The average Bonchev–Trinajstić information content (AvgIpc) is 2.88. The average molecular weight is 272 g/mol. The fraction of sp³-hybridized carbons (Fsp3) is 0.933. The number of carbonyl (C=O) groups excluding carboxylic acids is 1. The monoisotopic (exact) mass is 271 g/mol. The molecule has 2 aliphatic carbocycles. The Hall–Kier alpha value is -0.240. The molecule has 0 aromatic heterocycles. The van der Waals surface area contributed by atoms with Crippen LogP contribution < -0.4 is 5.32 Å². The van der Waals surface area contributed by atoms with E-state index in [0.29, 0.717) is 12.3 Å². The van der Waals surface area contributed by atoms with E-state index in [2.05, 4.69) is 5.32 Å². The molecule has 1 amide bonds. The zero-order chi connectivity index (χ0) is 12.8. The highest BCUT2D eigenvalue weighted by Gasteiger charge is 2.23. The molecule has 0 aliphatic heterocycles. The summed E-state index contributed by atoms with van der Waals surface area (Å²) < 4.78 is 0. The van der Waals surface area contributed by atoms with E-state index in [9.17, 15) is 4.79 Å². The Bertz CT molecular complexity index is 263. The van der Waals surface area contributed by atoms with Crippen molar-refractivity contribution in [3.63, 3.8) is 0 Å². The van der Waals surface area contributed by atoms with Crippen molar-refractivity contribution in [2.24, 2.45) is 11.8 Å². The first-order valence-electron chi connectivity index (χ1n) is 7.66. The molecule has 18 heavy (non-hydrogen) atoms. The number of carbonyl (C=O) groups is 1. The largest absolute Gasteiger partial charge is 0.356 e. The second-order valence-electron chi connectivity index (χ2n) is 6.05. The molecule has 0 saturated heterocycles. The number of alkyl halides is 1. The lowest BCUT2D eigenvalue weighted by Crippen LogP contribution is -2.34. The molecular formula is C15H26ClNO. The summed E-state index contributed by atoms with van der Waals surface area (Å²) in [6.07, 6.45) is 12.0. The molecule has 2 nitrogen and oxygen atoms in total. The van der Waals surface area contributed by atoms with Crippen LogP contribution in [0.1, 0.15) is 64.2 Å². The molecule has 0 heterocycles. The van der Waals surface area contributed by atoms with Gasteiger partial charge in [-0.25, -0.2) is 0 Å². The second-order valence-corrected chi connectivity index (χ2v) is 6.61. The maximum atomic E-state index is 11.8. The smallest absolute Gasteiger partial charge is 0.220 e. The molecule has 1 N–H and O–H groups in total. The van der Waals surface area contributed by atoms with Crippen molar-refractivity contribution < 1.29 is 4.79 Å². The molecule has 2 atom stereocenters. The molecule has 2 unspecified atom stereocenters. The van der Waals surface area contributed by atoms with Gasteiger partial charge in [0.05, 0.1) is 0 Å². The first-order chi connectivity index (χ1) is 8.75. The summed E-state index contributed by atoms with van der Waals surface area (Å²) in [6, 6.07) is 0. The van der Waals surface area contributed by atoms with Crippen molar-refractivity contribution in [3.05, 3.63) is 0 Å². The summed E-state index contributed by atoms with van der Waals surface area (Å²) >= 11 is 6.30. The van der Waals surface area contributed by atoms with Crippen molar-refractivity contribution in [2.75, 3.05) is 6.54 Å². The van der Waals surface area contributed by atoms with E-state index in [1.807, 2.05) is 0 Å². The Morgan fingerprint density at radius 3 is 2.44 bits per heavy atom. The minimum atomic E-state index is 0.233. The molecule has 2 fully saturated rings. The Morgan fingerprint density at radius 1 is 1.06 bits per heavy atom. The van der Waals surface area contributed by atoms with E-state index in [4.69, 9.17) is 11.6 Å². The van der Waals surface area contributed by atoms with Gasteiger partial charge in [-0.05, 0) is 31.1 Å². The maximum absolute atomic E-state index is 11.8. The molecule has 0 bridgehead atoms. The third-order valence-electron chi connectivity index (χ3n) is 4.63. The molecule has 3 heteroatoms. The SMILES string of the molecule is O=C(CCC1CCCC1)NCC1CCCCC1Cl. The van der Waals surface area contributed by atoms with Crippen molar-refractivity contribution in [2.45, 2.75) is 69.6 Å². The van der Waals surface area contributed by atoms with Gasteiger partial charge in [-0.15, -0.1) is 11.6 Å². The summed E-state index contributed by atoms with van der Waals surface area (Å²) in [5.41, 5.74) is 0. The quantitative estimate of drug-likeness (QED) is 0.756. The summed E-state index contributed by atoms with van der Waals surface area (Å²) in [4.78, 5) is 11.8. The predicted octanol–water partition coefficient (Wildman–Crippen LogP) is 3.87. The van der Waals surface area contributed by atoms with Gasteiger partial charge in [0.2, 0.25) is 5.91 Å². The molecule has 104 valence electrons. The van der Waals surface area contributed by atoms with Gasteiger partial charge in [-0.3, -0.25) is 4.79 Å². The lowest BCUT2D eigenvalue weighted by Gasteiger charge is -2.27. The Labute approximate surface area is 116 Å². The van der Waals surface area contributed by atoms with E-state index >= 15 is 0 Å². The fourth-order valence-electron chi connectivity index (χ4n) is 3.36. The third-order valence-corrected chi connectivity index (χ3v) is 5.21. The number of halogens is 1. The Balaban J connectivity index is 1.58. The topological polar surface area (TPSA) is 29.1 Å². The van der Waals surface area contributed by atoms with E-state index in [-0.39, 0.29) is 11.3 Å².